The van der Waals surface area contributed by atoms with Crippen LogP contribution in [0.5, 0.6) is 11.5 Å². The molecule has 3 aromatic rings. The normalized spacial score (nSPS) is 17.9. The fourth-order valence-corrected chi connectivity index (χ4v) is 3.20. The summed E-state index contributed by atoms with van der Waals surface area (Å²) in [6.07, 6.45) is -0.614. The van der Waals surface area contributed by atoms with Gasteiger partial charge in [-0.25, -0.2) is 0 Å². The summed E-state index contributed by atoms with van der Waals surface area (Å²) in [5.74, 6) is 1.50. The van der Waals surface area contributed by atoms with Crippen molar-refractivity contribution < 1.29 is 14.3 Å². The van der Waals surface area contributed by atoms with E-state index in [1.54, 1.807) is 7.11 Å². The Morgan fingerprint density at radius 1 is 0.923 bits per heavy atom. The number of benzene rings is 3. The SMILES string of the molecule is COc1ccc(NC2c3ccccc3OC2C(=O)c2ccccc2)cc1. The molecule has 1 heterocycles. The molecule has 4 heteroatoms. The van der Waals surface area contributed by atoms with E-state index in [9.17, 15) is 4.79 Å². The second kappa shape index (κ2) is 6.92. The molecule has 0 aliphatic carbocycles. The maximum atomic E-state index is 13.0. The zero-order chi connectivity index (χ0) is 17.9. The third kappa shape index (κ3) is 3.02. The molecule has 130 valence electrons. The number of anilines is 1. The first kappa shape index (κ1) is 16.2. The Morgan fingerprint density at radius 2 is 1.62 bits per heavy atom. The van der Waals surface area contributed by atoms with Crippen molar-refractivity contribution in [2.24, 2.45) is 0 Å². The monoisotopic (exact) mass is 345 g/mol. The van der Waals surface area contributed by atoms with Gasteiger partial charge < -0.3 is 14.8 Å². The van der Waals surface area contributed by atoms with Crippen LogP contribution in [0.1, 0.15) is 22.0 Å². The zero-order valence-corrected chi connectivity index (χ0v) is 14.4. The minimum Gasteiger partial charge on any atom is -0.497 e. The van der Waals surface area contributed by atoms with Crippen LogP contribution >= 0.6 is 0 Å². The van der Waals surface area contributed by atoms with Gasteiger partial charge in [0, 0.05) is 16.8 Å². The number of methoxy groups -OCH3 is 1. The number of para-hydroxylation sites is 1. The van der Waals surface area contributed by atoms with Crippen LogP contribution in [-0.4, -0.2) is 19.0 Å². The van der Waals surface area contributed by atoms with Crippen molar-refractivity contribution in [2.45, 2.75) is 12.1 Å². The lowest BCUT2D eigenvalue weighted by molar-refractivity contribution is 0.0802. The third-order valence-electron chi connectivity index (χ3n) is 4.54. The number of Topliss-reactive ketones (excluding diaryl/α,β-unsaturated/α-hetero) is 1. The first-order valence-electron chi connectivity index (χ1n) is 8.52. The van der Waals surface area contributed by atoms with Crippen LogP contribution < -0.4 is 14.8 Å². The summed E-state index contributed by atoms with van der Waals surface area (Å²) in [5.41, 5.74) is 2.53. The van der Waals surface area contributed by atoms with Crippen LogP contribution in [0.25, 0.3) is 0 Å². The molecule has 0 saturated carbocycles. The van der Waals surface area contributed by atoms with Gasteiger partial charge in [0.15, 0.2) is 6.10 Å². The number of carbonyl (C=O) groups is 1. The highest BCUT2D eigenvalue weighted by atomic mass is 16.5. The summed E-state index contributed by atoms with van der Waals surface area (Å²) in [4.78, 5) is 13.0. The summed E-state index contributed by atoms with van der Waals surface area (Å²) in [5, 5.41) is 3.45. The number of hydrogen-bond acceptors (Lipinski definition) is 4. The number of hydrogen-bond donors (Lipinski definition) is 1. The first-order chi connectivity index (χ1) is 12.8. The van der Waals surface area contributed by atoms with Crippen LogP contribution in [0.4, 0.5) is 5.69 Å². The number of ether oxygens (including phenoxy) is 2. The maximum absolute atomic E-state index is 13.0. The zero-order valence-electron chi connectivity index (χ0n) is 14.4. The molecule has 0 bridgehead atoms. The number of carbonyl (C=O) groups excluding carboxylic acids is 1. The molecule has 1 N–H and O–H groups in total. The second-order valence-electron chi connectivity index (χ2n) is 6.16. The van der Waals surface area contributed by atoms with Crippen molar-refractivity contribution in [1.29, 1.82) is 0 Å². The fourth-order valence-electron chi connectivity index (χ4n) is 3.20. The van der Waals surface area contributed by atoms with Gasteiger partial charge >= 0.3 is 0 Å². The van der Waals surface area contributed by atoms with Crippen LogP contribution in [0, 0.1) is 0 Å². The Kier molecular flexibility index (Phi) is 4.32. The number of rotatable bonds is 5. The molecular formula is C22H19NO3. The van der Waals surface area contributed by atoms with Gasteiger partial charge in [-0.15, -0.1) is 0 Å². The van der Waals surface area contributed by atoms with Gasteiger partial charge in [-0.1, -0.05) is 48.5 Å². The highest BCUT2D eigenvalue weighted by Crippen LogP contribution is 2.39. The molecule has 3 aromatic carbocycles. The number of nitrogens with one attached hydrogen (secondary N) is 1. The van der Waals surface area contributed by atoms with E-state index in [-0.39, 0.29) is 11.8 Å². The van der Waals surface area contributed by atoms with E-state index in [0.29, 0.717) is 5.56 Å². The van der Waals surface area contributed by atoms with Crippen LogP contribution in [0.3, 0.4) is 0 Å². The molecule has 26 heavy (non-hydrogen) atoms. The van der Waals surface area contributed by atoms with E-state index < -0.39 is 6.10 Å². The van der Waals surface area contributed by atoms with Crippen molar-refractivity contribution in [3.63, 3.8) is 0 Å². The Hall–Kier alpha value is -3.27. The van der Waals surface area contributed by atoms with Crippen LogP contribution in [-0.2, 0) is 0 Å². The molecule has 0 spiro atoms. The molecule has 2 unspecified atom stereocenters. The lowest BCUT2D eigenvalue weighted by Gasteiger charge is -2.21. The van der Waals surface area contributed by atoms with Gasteiger partial charge in [-0.2, -0.15) is 0 Å². The lowest BCUT2D eigenvalue weighted by atomic mass is 9.96. The van der Waals surface area contributed by atoms with Crippen LogP contribution in [0.15, 0.2) is 78.9 Å². The Bertz CT molecular complexity index is 906. The largest absolute Gasteiger partial charge is 0.497 e. The summed E-state index contributed by atoms with van der Waals surface area (Å²) < 4.78 is 11.2. The van der Waals surface area contributed by atoms with Crippen molar-refractivity contribution in [2.75, 3.05) is 12.4 Å². The molecule has 2 atom stereocenters. The van der Waals surface area contributed by atoms with Gasteiger partial charge in [0.05, 0.1) is 13.2 Å². The van der Waals surface area contributed by atoms with Gasteiger partial charge in [-0.05, 0) is 30.3 Å². The van der Waals surface area contributed by atoms with Gasteiger partial charge in [0.25, 0.3) is 0 Å². The van der Waals surface area contributed by atoms with E-state index in [1.165, 1.54) is 0 Å². The van der Waals surface area contributed by atoms with Crippen molar-refractivity contribution in [3.05, 3.63) is 90.0 Å². The molecule has 0 radical (unpaired) electrons. The quantitative estimate of drug-likeness (QED) is 0.692. The summed E-state index contributed by atoms with van der Waals surface area (Å²) in [6.45, 7) is 0. The van der Waals surface area contributed by atoms with Crippen LogP contribution in [0.2, 0.25) is 0 Å². The molecule has 0 fully saturated rings. The second-order valence-corrected chi connectivity index (χ2v) is 6.16. The van der Waals surface area contributed by atoms with Gasteiger partial charge in [0.1, 0.15) is 11.5 Å². The standard InChI is InChI=1S/C22H19NO3/c1-25-17-13-11-16(12-14-17)23-20-18-9-5-6-10-19(18)26-22(20)21(24)15-7-3-2-4-8-15/h2-14,20,22-23H,1H3. The number of ketones is 1. The Labute approximate surface area is 152 Å². The Morgan fingerprint density at radius 3 is 2.35 bits per heavy atom. The molecule has 4 nitrogen and oxygen atoms in total. The smallest absolute Gasteiger partial charge is 0.205 e. The molecular weight excluding hydrogens is 326 g/mol. The average Bonchev–Trinajstić information content (AvgIpc) is 3.07. The summed E-state index contributed by atoms with van der Waals surface area (Å²) in [6, 6.07) is 24.4. The minimum atomic E-state index is -0.614. The van der Waals surface area contributed by atoms with E-state index in [4.69, 9.17) is 9.47 Å². The lowest BCUT2D eigenvalue weighted by Crippen LogP contribution is -2.33. The first-order valence-corrected chi connectivity index (χ1v) is 8.52. The predicted molar refractivity (Wildman–Crippen MR) is 101 cm³/mol. The topological polar surface area (TPSA) is 47.6 Å². The molecule has 1 aliphatic rings. The third-order valence-corrected chi connectivity index (χ3v) is 4.54. The highest BCUT2D eigenvalue weighted by molar-refractivity contribution is 6.01. The van der Waals surface area contributed by atoms with E-state index >= 15 is 0 Å². The Balaban J connectivity index is 1.66. The highest BCUT2D eigenvalue weighted by Gasteiger charge is 2.39. The predicted octanol–water partition coefficient (Wildman–Crippen LogP) is 4.49. The molecule has 1 aliphatic heterocycles. The van der Waals surface area contributed by atoms with Crippen molar-refractivity contribution in [3.8, 4) is 11.5 Å². The van der Waals surface area contributed by atoms with Gasteiger partial charge in [0.2, 0.25) is 5.78 Å². The summed E-state index contributed by atoms with van der Waals surface area (Å²) in [7, 11) is 1.64. The average molecular weight is 345 g/mol. The van der Waals surface area contributed by atoms with E-state index in [0.717, 1.165) is 22.7 Å². The van der Waals surface area contributed by atoms with Crippen molar-refractivity contribution >= 4 is 11.5 Å². The fraction of sp³-hybridized carbons (Fsp3) is 0.136. The van der Waals surface area contributed by atoms with E-state index in [1.807, 2.05) is 78.9 Å². The molecule has 4 rings (SSSR count). The molecule has 0 saturated heterocycles. The molecule has 0 aromatic heterocycles. The van der Waals surface area contributed by atoms with Gasteiger partial charge in [-0.3, -0.25) is 4.79 Å². The molecule has 0 amide bonds. The van der Waals surface area contributed by atoms with Crippen molar-refractivity contribution in [1.82, 2.24) is 0 Å². The maximum Gasteiger partial charge on any atom is 0.205 e. The summed E-state index contributed by atoms with van der Waals surface area (Å²) >= 11 is 0. The number of fused-ring (bicyclic) bond motifs is 1. The minimum absolute atomic E-state index is 0.0344. The van der Waals surface area contributed by atoms with E-state index in [2.05, 4.69) is 5.32 Å².